The van der Waals surface area contributed by atoms with Gasteiger partial charge < -0.3 is 5.11 Å². The van der Waals surface area contributed by atoms with Crippen LogP contribution < -0.4 is 0 Å². The molecule has 1 aromatic carbocycles. The smallest absolute Gasteiger partial charge is 0.305 e. The SMILES string of the molecule is O=C(O)CCN1C(=O)CC(N2C(=O)/C(=C/c3ccccc3)SC2=S)C1=O. The molecule has 0 saturated carbocycles. The summed E-state index contributed by atoms with van der Waals surface area (Å²) in [6, 6.07) is 8.20. The first-order chi connectivity index (χ1) is 12.4. The van der Waals surface area contributed by atoms with Crippen LogP contribution in [0.1, 0.15) is 18.4 Å². The molecular weight excluding hydrogens is 376 g/mol. The van der Waals surface area contributed by atoms with E-state index in [2.05, 4.69) is 0 Å². The molecule has 26 heavy (non-hydrogen) atoms. The van der Waals surface area contributed by atoms with Crippen molar-refractivity contribution >= 4 is 58.1 Å². The molecule has 3 rings (SSSR count). The number of aliphatic carboxylic acids is 1. The molecule has 1 aromatic rings. The molecule has 3 amide bonds. The van der Waals surface area contributed by atoms with Crippen molar-refractivity contribution in [2.45, 2.75) is 18.9 Å². The Kier molecular flexibility index (Phi) is 5.19. The highest BCUT2D eigenvalue weighted by molar-refractivity contribution is 8.26. The van der Waals surface area contributed by atoms with Gasteiger partial charge in [0.1, 0.15) is 10.4 Å². The normalized spacial score (nSPS) is 22.0. The monoisotopic (exact) mass is 390 g/mol. The van der Waals surface area contributed by atoms with Crippen LogP contribution in [0.15, 0.2) is 35.2 Å². The van der Waals surface area contributed by atoms with Crippen LogP contribution in [0, 0.1) is 0 Å². The van der Waals surface area contributed by atoms with Crippen LogP contribution in [-0.4, -0.2) is 55.5 Å². The second kappa shape index (κ2) is 7.38. The Morgan fingerprint density at radius 3 is 2.62 bits per heavy atom. The van der Waals surface area contributed by atoms with E-state index < -0.39 is 29.7 Å². The van der Waals surface area contributed by atoms with Crippen LogP contribution in [0.3, 0.4) is 0 Å². The van der Waals surface area contributed by atoms with E-state index in [1.54, 1.807) is 6.08 Å². The number of thioether (sulfide) groups is 1. The molecular formula is C17H14N2O5S2. The summed E-state index contributed by atoms with van der Waals surface area (Å²) >= 11 is 6.31. The Bertz CT molecular complexity index is 837. The third-order valence-corrected chi connectivity index (χ3v) is 5.33. The number of benzene rings is 1. The first-order valence-electron chi connectivity index (χ1n) is 7.76. The van der Waals surface area contributed by atoms with Crippen molar-refractivity contribution in [3.05, 3.63) is 40.8 Å². The number of carbonyl (C=O) groups is 4. The maximum absolute atomic E-state index is 12.7. The summed E-state index contributed by atoms with van der Waals surface area (Å²) < 4.78 is 0.211. The van der Waals surface area contributed by atoms with Gasteiger partial charge in [0, 0.05) is 6.54 Å². The quantitative estimate of drug-likeness (QED) is 0.462. The first-order valence-corrected chi connectivity index (χ1v) is 8.99. The fraction of sp³-hybridized carbons (Fsp3) is 0.235. The van der Waals surface area contributed by atoms with Crippen LogP contribution >= 0.6 is 24.0 Å². The van der Waals surface area contributed by atoms with E-state index >= 15 is 0 Å². The molecule has 134 valence electrons. The van der Waals surface area contributed by atoms with E-state index in [-0.39, 0.29) is 23.7 Å². The molecule has 0 aromatic heterocycles. The Morgan fingerprint density at radius 2 is 1.96 bits per heavy atom. The fourth-order valence-electron chi connectivity index (χ4n) is 2.76. The minimum Gasteiger partial charge on any atom is -0.481 e. The highest BCUT2D eigenvalue weighted by Crippen LogP contribution is 2.36. The lowest BCUT2D eigenvalue weighted by Gasteiger charge is -2.21. The van der Waals surface area contributed by atoms with Crippen molar-refractivity contribution in [3.8, 4) is 0 Å². The zero-order valence-electron chi connectivity index (χ0n) is 13.5. The van der Waals surface area contributed by atoms with Gasteiger partial charge in [-0.2, -0.15) is 0 Å². The fourth-order valence-corrected chi connectivity index (χ4v) is 4.12. The van der Waals surface area contributed by atoms with Gasteiger partial charge in [-0.25, -0.2) is 0 Å². The van der Waals surface area contributed by atoms with E-state index in [1.807, 2.05) is 30.3 Å². The van der Waals surface area contributed by atoms with Crippen LogP contribution in [-0.2, 0) is 19.2 Å². The molecule has 0 spiro atoms. The van der Waals surface area contributed by atoms with E-state index in [1.165, 1.54) is 0 Å². The highest BCUT2D eigenvalue weighted by Gasteiger charge is 2.48. The molecule has 0 aliphatic carbocycles. The van der Waals surface area contributed by atoms with Crippen molar-refractivity contribution in [2.24, 2.45) is 0 Å². The second-order valence-electron chi connectivity index (χ2n) is 5.71. The number of rotatable bonds is 5. The van der Waals surface area contributed by atoms with E-state index in [9.17, 15) is 19.2 Å². The molecule has 2 aliphatic rings. The third-order valence-electron chi connectivity index (χ3n) is 4.00. The van der Waals surface area contributed by atoms with E-state index in [0.29, 0.717) is 4.91 Å². The van der Waals surface area contributed by atoms with Gasteiger partial charge in [-0.3, -0.25) is 29.0 Å². The molecule has 1 unspecified atom stereocenters. The van der Waals surface area contributed by atoms with Gasteiger partial charge in [0.15, 0.2) is 0 Å². The Balaban J connectivity index is 1.79. The number of thiocarbonyl (C=S) groups is 1. The third kappa shape index (κ3) is 3.54. The number of carbonyl (C=O) groups excluding carboxylic acids is 3. The average Bonchev–Trinajstić information content (AvgIpc) is 3.02. The minimum atomic E-state index is -1.11. The Labute approximate surface area is 158 Å². The number of likely N-dealkylation sites (tertiary alicyclic amines) is 1. The lowest BCUT2D eigenvalue weighted by molar-refractivity contribution is -0.142. The topological polar surface area (TPSA) is 95.0 Å². The van der Waals surface area contributed by atoms with Crippen molar-refractivity contribution in [3.63, 3.8) is 0 Å². The standard InChI is InChI=1S/C17H14N2O5S2/c20-13-9-11(15(23)18(13)7-6-14(21)22)19-16(24)12(26-17(19)25)8-10-4-2-1-3-5-10/h1-5,8,11H,6-7,9H2,(H,21,22)/b12-8-. The van der Waals surface area contributed by atoms with Gasteiger partial charge in [-0.15, -0.1) is 0 Å². The zero-order valence-corrected chi connectivity index (χ0v) is 15.1. The van der Waals surface area contributed by atoms with Gasteiger partial charge in [-0.05, 0) is 11.6 Å². The maximum Gasteiger partial charge on any atom is 0.305 e. The van der Waals surface area contributed by atoms with Gasteiger partial charge in [0.2, 0.25) is 5.91 Å². The van der Waals surface area contributed by atoms with Crippen molar-refractivity contribution < 1.29 is 24.3 Å². The first kappa shape index (κ1) is 18.3. The Morgan fingerprint density at radius 1 is 1.27 bits per heavy atom. The summed E-state index contributed by atoms with van der Waals surface area (Å²) in [5.41, 5.74) is 0.824. The number of nitrogens with zero attached hydrogens (tertiary/aromatic N) is 2. The molecule has 1 atom stereocenters. The number of carboxylic acid groups (broad SMARTS) is 1. The van der Waals surface area contributed by atoms with Crippen LogP contribution in [0.4, 0.5) is 0 Å². The molecule has 1 N–H and O–H groups in total. The molecule has 0 bridgehead atoms. The van der Waals surface area contributed by atoms with E-state index in [4.69, 9.17) is 17.3 Å². The lowest BCUT2D eigenvalue weighted by Crippen LogP contribution is -2.44. The van der Waals surface area contributed by atoms with Crippen LogP contribution in [0.2, 0.25) is 0 Å². The average molecular weight is 390 g/mol. The van der Waals surface area contributed by atoms with Gasteiger partial charge in [-0.1, -0.05) is 54.3 Å². The van der Waals surface area contributed by atoms with Crippen LogP contribution in [0.25, 0.3) is 6.08 Å². The highest BCUT2D eigenvalue weighted by atomic mass is 32.2. The second-order valence-corrected chi connectivity index (χ2v) is 7.39. The summed E-state index contributed by atoms with van der Waals surface area (Å²) in [5.74, 6) is -2.61. The molecule has 9 heteroatoms. The van der Waals surface area contributed by atoms with Crippen LogP contribution in [0.5, 0.6) is 0 Å². The van der Waals surface area contributed by atoms with Gasteiger partial charge in [0.05, 0.1) is 17.7 Å². The lowest BCUT2D eigenvalue weighted by atomic mass is 10.2. The number of imide groups is 1. The molecule has 2 aliphatic heterocycles. The summed E-state index contributed by atoms with van der Waals surface area (Å²) in [7, 11) is 0. The summed E-state index contributed by atoms with van der Waals surface area (Å²) in [4.78, 5) is 50.4. The van der Waals surface area contributed by atoms with Gasteiger partial charge in [0.25, 0.3) is 11.8 Å². The molecule has 2 heterocycles. The van der Waals surface area contributed by atoms with Gasteiger partial charge >= 0.3 is 5.97 Å². The number of carboxylic acids is 1. The largest absolute Gasteiger partial charge is 0.481 e. The molecule has 0 radical (unpaired) electrons. The van der Waals surface area contributed by atoms with Crippen molar-refractivity contribution in [2.75, 3.05) is 6.54 Å². The summed E-state index contributed by atoms with van der Waals surface area (Å²) in [6.45, 7) is -0.210. The molecule has 2 saturated heterocycles. The van der Waals surface area contributed by atoms with Crippen molar-refractivity contribution in [1.82, 2.24) is 9.80 Å². The number of hydrogen-bond donors (Lipinski definition) is 1. The zero-order chi connectivity index (χ0) is 18.8. The number of hydrogen-bond acceptors (Lipinski definition) is 6. The predicted molar refractivity (Wildman–Crippen MR) is 98.8 cm³/mol. The van der Waals surface area contributed by atoms with E-state index in [0.717, 1.165) is 27.1 Å². The Hall–Kier alpha value is -2.52. The molecule has 7 nitrogen and oxygen atoms in total. The predicted octanol–water partition coefficient (Wildman–Crippen LogP) is 1.49. The summed E-state index contributed by atoms with van der Waals surface area (Å²) in [6.07, 6.45) is 1.16. The molecule has 2 fully saturated rings. The minimum absolute atomic E-state index is 0.191. The maximum atomic E-state index is 12.7. The van der Waals surface area contributed by atoms with Crippen molar-refractivity contribution in [1.29, 1.82) is 0 Å². The summed E-state index contributed by atoms with van der Waals surface area (Å²) in [5, 5.41) is 8.74. The number of amides is 3.